The molecule has 1 atom stereocenters. The highest BCUT2D eigenvalue weighted by Gasteiger charge is 2.14. The van der Waals surface area contributed by atoms with Crippen LogP contribution in [-0.4, -0.2) is 20.6 Å². The number of carbonyl (C=O) groups excluding carboxylic acids is 1. The standard InChI is InChI=1S/C17H17ClFNO3S/c1-11(12-4-7-15(8-5-12)24(2,22)23)20-17(21)9-13-3-6-14(18)10-16(13)19/h3-8,10-11H,9H2,1-2H3,(H,20,21)/t11-/m1/s1. The second kappa shape index (κ2) is 7.32. The molecule has 0 fully saturated rings. The molecule has 0 aliphatic carbocycles. The van der Waals surface area contributed by atoms with Gasteiger partial charge in [-0.2, -0.15) is 0 Å². The van der Waals surface area contributed by atoms with Crippen molar-refractivity contribution in [1.29, 1.82) is 0 Å². The topological polar surface area (TPSA) is 63.2 Å². The van der Waals surface area contributed by atoms with Gasteiger partial charge in [-0.25, -0.2) is 12.8 Å². The third kappa shape index (κ3) is 4.79. The van der Waals surface area contributed by atoms with Crippen LogP contribution < -0.4 is 5.32 Å². The molecule has 0 aliphatic heterocycles. The summed E-state index contributed by atoms with van der Waals surface area (Å²) in [6.07, 6.45) is 1.03. The average molecular weight is 370 g/mol. The largest absolute Gasteiger partial charge is 0.349 e. The van der Waals surface area contributed by atoms with Crippen LogP contribution in [0.5, 0.6) is 0 Å². The van der Waals surface area contributed by atoms with Gasteiger partial charge in [-0.3, -0.25) is 4.79 Å². The molecule has 128 valence electrons. The first-order valence-corrected chi connectivity index (χ1v) is 9.47. The molecule has 0 radical (unpaired) electrons. The quantitative estimate of drug-likeness (QED) is 0.879. The summed E-state index contributed by atoms with van der Waals surface area (Å²) in [7, 11) is -3.26. The van der Waals surface area contributed by atoms with Crippen LogP contribution in [0.15, 0.2) is 47.4 Å². The minimum absolute atomic E-state index is 0.102. The molecule has 0 saturated heterocycles. The average Bonchev–Trinajstić information content (AvgIpc) is 2.49. The maximum Gasteiger partial charge on any atom is 0.225 e. The summed E-state index contributed by atoms with van der Waals surface area (Å²) in [6.45, 7) is 1.77. The molecule has 0 saturated carbocycles. The molecule has 7 heteroatoms. The number of nitrogens with one attached hydrogen (secondary N) is 1. The van der Waals surface area contributed by atoms with Crippen molar-refractivity contribution in [2.45, 2.75) is 24.3 Å². The molecular formula is C17H17ClFNO3S. The number of amides is 1. The molecular weight excluding hydrogens is 353 g/mol. The van der Waals surface area contributed by atoms with Crippen molar-refractivity contribution in [1.82, 2.24) is 5.32 Å². The Labute approximate surface area is 145 Å². The van der Waals surface area contributed by atoms with E-state index in [0.29, 0.717) is 0 Å². The van der Waals surface area contributed by atoms with Crippen LogP contribution >= 0.6 is 11.6 Å². The molecule has 0 aliphatic rings. The van der Waals surface area contributed by atoms with E-state index in [1.807, 2.05) is 0 Å². The SMILES string of the molecule is C[C@@H](NC(=O)Cc1ccc(Cl)cc1F)c1ccc(S(C)(=O)=O)cc1. The van der Waals surface area contributed by atoms with Gasteiger partial charge in [0, 0.05) is 11.3 Å². The molecule has 0 bridgehead atoms. The molecule has 2 rings (SSSR count). The van der Waals surface area contributed by atoms with E-state index in [4.69, 9.17) is 11.6 Å². The first-order chi connectivity index (χ1) is 11.2. The lowest BCUT2D eigenvalue weighted by atomic mass is 10.1. The first-order valence-electron chi connectivity index (χ1n) is 7.20. The van der Waals surface area contributed by atoms with Gasteiger partial charge in [-0.1, -0.05) is 29.8 Å². The fourth-order valence-corrected chi connectivity index (χ4v) is 3.01. The van der Waals surface area contributed by atoms with Gasteiger partial charge in [0.1, 0.15) is 5.82 Å². The molecule has 24 heavy (non-hydrogen) atoms. The number of rotatable bonds is 5. The zero-order valence-corrected chi connectivity index (χ0v) is 14.8. The van der Waals surface area contributed by atoms with Crippen LogP contribution in [0.25, 0.3) is 0 Å². The number of benzene rings is 2. The van der Waals surface area contributed by atoms with Crippen molar-refractivity contribution in [3.8, 4) is 0 Å². The number of halogens is 2. The first kappa shape index (κ1) is 18.4. The predicted octanol–water partition coefficient (Wildman–Crippen LogP) is 3.30. The molecule has 0 heterocycles. The van der Waals surface area contributed by atoms with Gasteiger partial charge in [0.15, 0.2) is 9.84 Å². The summed E-state index contributed by atoms with van der Waals surface area (Å²) in [5.41, 5.74) is 1.02. The maximum atomic E-state index is 13.7. The smallest absolute Gasteiger partial charge is 0.225 e. The molecule has 0 unspecified atom stereocenters. The number of sulfone groups is 1. The Kier molecular flexibility index (Phi) is 5.62. The maximum absolute atomic E-state index is 13.7. The van der Waals surface area contributed by atoms with Crippen LogP contribution in [0.1, 0.15) is 24.1 Å². The number of hydrogen-bond donors (Lipinski definition) is 1. The summed E-state index contributed by atoms with van der Waals surface area (Å²) in [6, 6.07) is 10.1. The van der Waals surface area contributed by atoms with Crippen molar-refractivity contribution in [2.24, 2.45) is 0 Å². The van der Waals surface area contributed by atoms with E-state index < -0.39 is 15.7 Å². The Morgan fingerprint density at radius 2 is 1.83 bits per heavy atom. The Morgan fingerprint density at radius 1 is 1.21 bits per heavy atom. The van der Waals surface area contributed by atoms with Crippen molar-refractivity contribution in [3.05, 3.63) is 64.4 Å². The van der Waals surface area contributed by atoms with Gasteiger partial charge in [0.2, 0.25) is 5.91 Å². The van der Waals surface area contributed by atoms with Gasteiger partial charge in [-0.15, -0.1) is 0 Å². The highest BCUT2D eigenvalue weighted by molar-refractivity contribution is 7.90. The zero-order valence-electron chi connectivity index (χ0n) is 13.2. The summed E-state index contributed by atoms with van der Waals surface area (Å²) in [5, 5.41) is 3.03. The van der Waals surface area contributed by atoms with Crippen LogP contribution in [0.3, 0.4) is 0 Å². The van der Waals surface area contributed by atoms with Crippen LogP contribution in [-0.2, 0) is 21.1 Å². The Hall–Kier alpha value is -1.92. The van der Waals surface area contributed by atoms with Crippen molar-refractivity contribution in [2.75, 3.05) is 6.26 Å². The Balaban J connectivity index is 2.03. The summed E-state index contributed by atoms with van der Waals surface area (Å²) < 4.78 is 36.6. The third-order valence-corrected chi connectivity index (χ3v) is 4.92. The lowest BCUT2D eigenvalue weighted by molar-refractivity contribution is -0.121. The monoisotopic (exact) mass is 369 g/mol. The minimum Gasteiger partial charge on any atom is -0.349 e. The highest BCUT2D eigenvalue weighted by Crippen LogP contribution is 2.18. The fraction of sp³-hybridized carbons (Fsp3) is 0.235. The van der Waals surface area contributed by atoms with Crippen LogP contribution in [0.4, 0.5) is 4.39 Å². The lowest BCUT2D eigenvalue weighted by Gasteiger charge is -2.15. The van der Waals surface area contributed by atoms with E-state index in [0.717, 1.165) is 17.9 Å². The molecule has 2 aromatic carbocycles. The van der Waals surface area contributed by atoms with E-state index in [9.17, 15) is 17.6 Å². The summed E-state index contributed by atoms with van der Waals surface area (Å²) in [5.74, 6) is -0.862. The Bertz CT molecular complexity index is 851. The van der Waals surface area contributed by atoms with Gasteiger partial charge in [0.05, 0.1) is 17.4 Å². The van der Waals surface area contributed by atoms with E-state index in [-0.39, 0.29) is 33.9 Å². The van der Waals surface area contributed by atoms with Gasteiger partial charge in [-0.05, 0) is 42.3 Å². The van der Waals surface area contributed by atoms with Crippen molar-refractivity contribution >= 4 is 27.3 Å². The van der Waals surface area contributed by atoms with E-state index in [1.165, 1.54) is 24.3 Å². The molecule has 1 N–H and O–H groups in total. The number of carbonyl (C=O) groups is 1. The van der Waals surface area contributed by atoms with E-state index >= 15 is 0 Å². The normalized spacial score (nSPS) is 12.7. The third-order valence-electron chi connectivity index (χ3n) is 3.55. The predicted molar refractivity (Wildman–Crippen MR) is 91.2 cm³/mol. The van der Waals surface area contributed by atoms with Gasteiger partial charge in [0.25, 0.3) is 0 Å². The number of hydrogen-bond acceptors (Lipinski definition) is 3. The summed E-state index contributed by atoms with van der Waals surface area (Å²) >= 11 is 5.68. The molecule has 0 spiro atoms. The van der Waals surface area contributed by atoms with Crippen molar-refractivity contribution in [3.63, 3.8) is 0 Å². The molecule has 4 nitrogen and oxygen atoms in total. The lowest BCUT2D eigenvalue weighted by Crippen LogP contribution is -2.28. The van der Waals surface area contributed by atoms with E-state index in [1.54, 1.807) is 19.1 Å². The minimum atomic E-state index is -3.26. The molecule has 1 amide bonds. The summed E-state index contributed by atoms with van der Waals surface area (Å²) in [4.78, 5) is 12.3. The molecule has 0 aromatic heterocycles. The second-order valence-corrected chi connectivity index (χ2v) is 8.00. The van der Waals surface area contributed by atoms with Crippen molar-refractivity contribution < 1.29 is 17.6 Å². The van der Waals surface area contributed by atoms with E-state index in [2.05, 4.69) is 5.32 Å². The second-order valence-electron chi connectivity index (χ2n) is 5.54. The van der Waals surface area contributed by atoms with Gasteiger partial charge >= 0.3 is 0 Å². The Morgan fingerprint density at radius 3 is 2.38 bits per heavy atom. The fourth-order valence-electron chi connectivity index (χ4n) is 2.22. The van der Waals surface area contributed by atoms with Crippen LogP contribution in [0, 0.1) is 5.82 Å². The molecule has 2 aromatic rings. The van der Waals surface area contributed by atoms with Gasteiger partial charge < -0.3 is 5.32 Å². The van der Waals surface area contributed by atoms with Crippen LogP contribution in [0.2, 0.25) is 5.02 Å². The zero-order chi connectivity index (χ0) is 17.9. The highest BCUT2D eigenvalue weighted by atomic mass is 35.5.